The summed E-state index contributed by atoms with van der Waals surface area (Å²) >= 11 is 13.6. The van der Waals surface area contributed by atoms with Crippen molar-refractivity contribution in [2.24, 2.45) is 0 Å². The Bertz CT molecular complexity index is 830. The van der Waals surface area contributed by atoms with E-state index in [2.05, 4.69) is 5.32 Å². The molecule has 1 atom stereocenters. The molecule has 1 fully saturated rings. The lowest BCUT2D eigenvalue weighted by Crippen LogP contribution is -2.44. The predicted molar refractivity (Wildman–Crippen MR) is 105 cm³/mol. The first-order valence-corrected chi connectivity index (χ1v) is 9.69. The van der Waals surface area contributed by atoms with Crippen LogP contribution in [0.15, 0.2) is 42.5 Å². The van der Waals surface area contributed by atoms with Gasteiger partial charge in [-0.25, -0.2) is 0 Å². The largest absolute Gasteiger partial charge is 0.497 e. The summed E-state index contributed by atoms with van der Waals surface area (Å²) in [5.41, 5.74) is 0.935. The smallest absolute Gasteiger partial charge is 0.256 e. The second kappa shape index (κ2) is 8.20. The van der Waals surface area contributed by atoms with E-state index in [1.54, 1.807) is 43.5 Å². The highest BCUT2D eigenvalue weighted by Crippen LogP contribution is 2.28. The van der Waals surface area contributed by atoms with Crippen LogP contribution < -0.4 is 10.1 Å². The first-order chi connectivity index (χ1) is 12.5. The van der Waals surface area contributed by atoms with E-state index in [4.69, 9.17) is 27.9 Å². The summed E-state index contributed by atoms with van der Waals surface area (Å²) in [5, 5.41) is 3.57. The number of thioether (sulfide) groups is 1. The molecule has 0 saturated carbocycles. The van der Waals surface area contributed by atoms with Crippen LogP contribution in [0.2, 0.25) is 10.0 Å². The molecule has 1 aliphatic rings. The molecule has 2 amide bonds. The average Bonchev–Trinajstić information content (AvgIpc) is 3.13. The average molecular weight is 411 g/mol. The Morgan fingerprint density at radius 1 is 1.19 bits per heavy atom. The van der Waals surface area contributed by atoms with Crippen LogP contribution in [0, 0.1) is 0 Å². The minimum Gasteiger partial charge on any atom is -0.497 e. The lowest BCUT2D eigenvalue weighted by atomic mass is 10.1. The molecule has 26 heavy (non-hydrogen) atoms. The van der Waals surface area contributed by atoms with E-state index in [-0.39, 0.29) is 11.8 Å². The Morgan fingerprint density at radius 3 is 2.62 bits per heavy atom. The molecule has 0 bridgehead atoms. The summed E-state index contributed by atoms with van der Waals surface area (Å²) in [4.78, 5) is 27.0. The molecule has 136 valence electrons. The molecule has 8 heteroatoms. The molecule has 1 N–H and O–H groups in total. The molecule has 0 aliphatic carbocycles. The van der Waals surface area contributed by atoms with Crippen molar-refractivity contribution in [3.05, 3.63) is 58.1 Å². The topological polar surface area (TPSA) is 58.6 Å². The van der Waals surface area contributed by atoms with Crippen LogP contribution in [0.4, 0.5) is 5.69 Å². The normalized spacial score (nSPS) is 16.4. The number of halogens is 2. The molecule has 1 saturated heterocycles. The number of methoxy groups -OCH3 is 1. The van der Waals surface area contributed by atoms with Crippen molar-refractivity contribution in [1.29, 1.82) is 0 Å². The second-order valence-electron chi connectivity index (χ2n) is 5.63. The Hall–Kier alpha value is -1.89. The highest BCUT2D eigenvalue weighted by atomic mass is 35.5. The number of carbonyl (C=O) groups excluding carboxylic acids is 2. The molecule has 0 spiro atoms. The lowest BCUT2D eigenvalue weighted by molar-refractivity contribution is -0.119. The van der Waals surface area contributed by atoms with E-state index < -0.39 is 6.04 Å². The van der Waals surface area contributed by atoms with E-state index in [1.807, 2.05) is 0 Å². The molecule has 3 rings (SSSR count). The number of carbonyl (C=O) groups is 2. The second-order valence-corrected chi connectivity index (χ2v) is 7.48. The van der Waals surface area contributed by atoms with E-state index >= 15 is 0 Å². The maximum atomic E-state index is 12.8. The molecule has 2 aromatic rings. The van der Waals surface area contributed by atoms with E-state index in [9.17, 15) is 9.59 Å². The highest BCUT2D eigenvalue weighted by Gasteiger charge is 2.35. The molecular weight excluding hydrogens is 395 g/mol. The zero-order chi connectivity index (χ0) is 18.7. The molecule has 0 radical (unpaired) electrons. The van der Waals surface area contributed by atoms with Gasteiger partial charge in [0, 0.05) is 16.5 Å². The summed E-state index contributed by atoms with van der Waals surface area (Å²) in [6, 6.07) is 11.1. The minimum absolute atomic E-state index is 0.244. The summed E-state index contributed by atoms with van der Waals surface area (Å²) in [7, 11) is 1.58. The molecule has 5 nitrogen and oxygen atoms in total. The lowest BCUT2D eigenvalue weighted by Gasteiger charge is -2.23. The van der Waals surface area contributed by atoms with Gasteiger partial charge in [-0.2, -0.15) is 0 Å². The maximum absolute atomic E-state index is 12.8. The zero-order valence-electron chi connectivity index (χ0n) is 13.9. The number of ether oxygens (including phenoxy) is 1. The molecule has 1 unspecified atom stereocenters. The number of nitrogens with zero attached hydrogens (tertiary/aromatic N) is 1. The monoisotopic (exact) mass is 410 g/mol. The third-order valence-electron chi connectivity index (χ3n) is 3.96. The van der Waals surface area contributed by atoms with Crippen LogP contribution in [0.3, 0.4) is 0 Å². The number of hydrogen-bond donors (Lipinski definition) is 1. The minimum atomic E-state index is -0.579. The van der Waals surface area contributed by atoms with Crippen molar-refractivity contribution >= 4 is 52.5 Å². The van der Waals surface area contributed by atoms with Crippen molar-refractivity contribution in [2.45, 2.75) is 6.04 Å². The Labute approximate surface area is 165 Å². The maximum Gasteiger partial charge on any atom is 0.256 e. The van der Waals surface area contributed by atoms with Crippen LogP contribution in [0.5, 0.6) is 5.75 Å². The standard InChI is InChI=1S/C18H16Cl2N2O3S/c1-25-13-5-3-12(4-6-13)21-17(23)16-9-26-10-22(16)18(24)14-8-11(19)2-7-15(14)20/h2-8,16H,9-10H2,1H3,(H,21,23). The fourth-order valence-corrected chi connectivity index (χ4v) is 4.10. The van der Waals surface area contributed by atoms with Gasteiger partial charge in [-0.15, -0.1) is 11.8 Å². The van der Waals surface area contributed by atoms with Crippen molar-refractivity contribution < 1.29 is 14.3 Å². The first-order valence-electron chi connectivity index (χ1n) is 7.78. The van der Waals surface area contributed by atoms with Crippen LogP contribution in [-0.2, 0) is 4.79 Å². The van der Waals surface area contributed by atoms with Gasteiger partial charge in [0.05, 0.1) is 23.6 Å². The summed E-state index contributed by atoms with van der Waals surface area (Å²) in [5.74, 6) is 1.09. The van der Waals surface area contributed by atoms with Gasteiger partial charge in [0.2, 0.25) is 5.91 Å². The van der Waals surface area contributed by atoms with Gasteiger partial charge in [-0.1, -0.05) is 23.2 Å². The van der Waals surface area contributed by atoms with Gasteiger partial charge in [-0.3, -0.25) is 9.59 Å². The molecule has 2 aromatic carbocycles. The summed E-state index contributed by atoms with van der Waals surface area (Å²) in [6.45, 7) is 0. The van der Waals surface area contributed by atoms with Crippen molar-refractivity contribution in [2.75, 3.05) is 24.1 Å². The van der Waals surface area contributed by atoms with Gasteiger partial charge in [0.25, 0.3) is 5.91 Å². The van der Waals surface area contributed by atoms with Gasteiger partial charge in [0.15, 0.2) is 0 Å². The highest BCUT2D eigenvalue weighted by molar-refractivity contribution is 7.99. The Morgan fingerprint density at radius 2 is 1.92 bits per heavy atom. The Balaban J connectivity index is 1.75. The van der Waals surface area contributed by atoms with Gasteiger partial charge < -0.3 is 15.0 Å². The van der Waals surface area contributed by atoms with Crippen molar-refractivity contribution in [3.63, 3.8) is 0 Å². The SMILES string of the molecule is COc1ccc(NC(=O)C2CSCN2C(=O)c2cc(Cl)ccc2Cl)cc1. The number of nitrogens with one attached hydrogen (secondary N) is 1. The third-order valence-corrected chi connectivity index (χ3v) is 5.54. The first kappa shape index (κ1) is 18.9. The number of anilines is 1. The van der Waals surface area contributed by atoms with Gasteiger partial charge in [-0.05, 0) is 42.5 Å². The number of rotatable bonds is 4. The van der Waals surface area contributed by atoms with Crippen LogP contribution in [-0.4, -0.2) is 41.5 Å². The molecule has 0 aromatic heterocycles. The number of hydrogen-bond acceptors (Lipinski definition) is 4. The van der Waals surface area contributed by atoms with Crippen LogP contribution in [0.1, 0.15) is 10.4 Å². The molecule has 1 heterocycles. The Kier molecular flexibility index (Phi) is 5.96. The third kappa shape index (κ3) is 4.09. The van der Waals surface area contributed by atoms with Gasteiger partial charge in [0.1, 0.15) is 11.8 Å². The van der Waals surface area contributed by atoms with Crippen LogP contribution >= 0.6 is 35.0 Å². The quantitative estimate of drug-likeness (QED) is 0.821. The van der Waals surface area contributed by atoms with Crippen molar-refractivity contribution in [3.8, 4) is 5.75 Å². The van der Waals surface area contributed by atoms with E-state index in [0.717, 1.165) is 0 Å². The fraction of sp³-hybridized carbons (Fsp3) is 0.222. The fourth-order valence-electron chi connectivity index (χ4n) is 2.58. The summed E-state index contributed by atoms with van der Waals surface area (Å²) in [6.07, 6.45) is 0. The number of amides is 2. The van der Waals surface area contributed by atoms with Gasteiger partial charge >= 0.3 is 0 Å². The summed E-state index contributed by atoms with van der Waals surface area (Å²) < 4.78 is 5.10. The number of benzene rings is 2. The van der Waals surface area contributed by atoms with E-state index in [0.29, 0.717) is 38.7 Å². The van der Waals surface area contributed by atoms with E-state index in [1.165, 1.54) is 22.7 Å². The molecule has 1 aliphatic heterocycles. The van der Waals surface area contributed by atoms with Crippen molar-refractivity contribution in [1.82, 2.24) is 4.90 Å². The predicted octanol–water partition coefficient (Wildman–Crippen LogP) is 4.16. The molecular formula is C18H16Cl2N2O3S. The zero-order valence-corrected chi connectivity index (χ0v) is 16.2. The van der Waals surface area contributed by atoms with Crippen LogP contribution in [0.25, 0.3) is 0 Å².